The van der Waals surface area contributed by atoms with Crippen LogP contribution >= 0.6 is 15.9 Å². The van der Waals surface area contributed by atoms with Gasteiger partial charge in [-0.05, 0) is 56.5 Å². The second-order valence-electron chi connectivity index (χ2n) is 10.5. The minimum Gasteiger partial charge on any atom is -0.475 e. The van der Waals surface area contributed by atoms with Crippen molar-refractivity contribution in [3.8, 4) is 0 Å². The van der Waals surface area contributed by atoms with Gasteiger partial charge in [0.05, 0.1) is 29.0 Å². The number of hydrogen-bond acceptors (Lipinski definition) is 7. The van der Waals surface area contributed by atoms with Gasteiger partial charge in [0.25, 0.3) is 0 Å². The lowest BCUT2D eigenvalue weighted by Crippen LogP contribution is -2.45. The largest absolute Gasteiger partial charge is 0.490 e. The van der Waals surface area contributed by atoms with E-state index in [4.69, 9.17) is 25.5 Å². The number of hydrogen-bond donors (Lipinski definition) is 4. The van der Waals surface area contributed by atoms with Gasteiger partial charge in [-0.1, -0.05) is 40.2 Å². The van der Waals surface area contributed by atoms with E-state index in [0.29, 0.717) is 22.3 Å². The Hall–Kier alpha value is -3.71. The van der Waals surface area contributed by atoms with Crippen molar-refractivity contribution in [2.45, 2.75) is 62.8 Å². The maximum Gasteiger partial charge on any atom is 0.490 e. The first kappa shape index (κ1) is 37.5. The minimum atomic E-state index is -5.08. The Morgan fingerprint density at radius 3 is 1.98 bits per heavy atom. The van der Waals surface area contributed by atoms with Crippen LogP contribution in [0.1, 0.15) is 55.4 Å². The molecule has 0 bridgehead atoms. The van der Waals surface area contributed by atoms with Crippen LogP contribution in [0, 0.1) is 0 Å². The van der Waals surface area contributed by atoms with E-state index in [1.807, 2.05) is 36.4 Å². The molecule has 1 amide bonds. The summed E-state index contributed by atoms with van der Waals surface area (Å²) < 4.78 is 91.3. The third-order valence-electron chi connectivity index (χ3n) is 5.92. The Balaban J connectivity index is 0.000000421. The maximum absolute atomic E-state index is 13.1. The van der Waals surface area contributed by atoms with Gasteiger partial charge in [0.15, 0.2) is 0 Å². The molecule has 4 rings (SSSR count). The lowest BCUT2D eigenvalue weighted by Gasteiger charge is -2.30. The van der Waals surface area contributed by atoms with E-state index in [9.17, 15) is 39.6 Å². The van der Waals surface area contributed by atoms with Crippen molar-refractivity contribution < 1.29 is 59.4 Å². The number of carbonyl (C=O) groups is 3. The fourth-order valence-electron chi connectivity index (χ4n) is 4.10. The number of para-hydroxylation sites is 2. The van der Waals surface area contributed by atoms with E-state index in [-0.39, 0.29) is 18.4 Å². The first-order valence-corrected chi connectivity index (χ1v) is 14.8. The number of aliphatic carboxylic acids is 2. The number of fused-ring (bicyclic) bond motifs is 1. The summed E-state index contributed by atoms with van der Waals surface area (Å²) in [5.41, 5.74) is 8.90. The van der Waals surface area contributed by atoms with E-state index in [1.165, 1.54) is 0 Å². The van der Waals surface area contributed by atoms with Crippen LogP contribution in [0.25, 0.3) is 11.0 Å². The Labute approximate surface area is 260 Å². The number of nitrogens with zero attached hydrogens (tertiary/aromatic N) is 2. The van der Waals surface area contributed by atoms with Gasteiger partial charge in [-0.2, -0.15) is 26.3 Å². The highest BCUT2D eigenvalue weighted by molar-refractivity contribution is 9.10. The number of nitrogens with one attached hydrogen (secondary N) is 1. The number of aromatic amines is 1. The van der Waals surface area contributed by atoms with Crippen LogP contribution in [-0.2, 0) is 30.8 Å². The summed E-state index contributed by atoms with van der Waals surface area (Å²) in [6.45, 7) is 5.17. The van der Waals surface area contributed by atoms with Crippen LogP contribution in [0.15, 0.2) is 46.9 Å². The Kier molecular flexibility index (Phi) is 11.4. The number of carboxylic acids is 2. The molecule has 1 aromatic heterocycles. The SMILES string of the molecule is CC(C)(C)N1C(=O)CC(c2ccc(C[C@H](N)c3nc4ccccc4[nH]3)cc2Br)S1(=O)=O.O=C(O)C(F)(F)F.O=C(O)C(F)(F)F. The Bertz CT molecular complexity index is 1610. The van der Waals surface area contributed by atoms with Gasteiger partial charge >= 0.3 is 24.3 Å². The number of amides is 1. The van der Waals surface area contributed by atoms with Crippen molar-refractivity contribution in [3.05, 3.63) is 63.9 Å². The van der Waals surface area contributed by atoms with Crippen molar-refractivity contribution in [1.29, 1.82) is 0 Å². The molecule has 1 fully saturated rings. The number of alkyl halides is 6. The number of rotatable bonds is 4. The molecule has 2 aromatic carbocycles. The number of H-pyrrole nitrogens is 1. The number of nitrogens with two attached hydrogens (primary N) is 1. The summed E-state index contributed by atoms with van der Waals surface area (Å²) in [5.74, 6) is -5.19. The number of benzene rings is 2. The van der Waals surface area contributed by atoms with E-state index < -0.39 is 45.1 Å². The molecule has 1 aliphatic rings. The molecule has 1 aliphatic heterocycles. The predicted molar refractivity (Wildman–Crippen MR) is 151 cm³/mol. The molecule has 0 saturated carbocycles. The molecule has 3 aromatic rings. The molecule has 0 radical (unpaired) electrons. The van der Waals surface area contributed by atoms with Gasteiger partial charge in [0.1, 0.15) is 11.1 Å². The van der Waals surface area contributed by atoms with Crippen LogP contribution in [0.2, 0.25) is 0 Å². The maximum atomic E-state index is 13.1. The van der Waals surface area contributed by atoms with Crippen molar-refractivity contribution >= 4 is 54.8 Å². The zero-order valence-corrected chi connectivity index (χ0v) is 26.0. The van der Waals surface area contributed by atoms with Crippen molar-refractivity contribution in [2.75, 3.05) is 0 Å². The lowest BCUT2D eigenvalue weighted by atomic mass is 10.0. The fraction of sp³-hybridized carbons (Fsp3) is 0.385. The molecule has 1 unspecified atom stereocenters. The summed E-state index contributed by atoms with van der Waals surface area (Å²) in [4.78, 5) is 38.1. The topological polar surface area (TPSA) is 184 Å². The van der Waals surface area contributed by atoms with E-state index in [2.05, 4.69) is 25.9 Å². The molecule has 1 saturated heterocycles. The number of carbonyl (C=O) groups excluding carboxylic acids is 1. The standard InChI is InChI=1S/C22H25BrN4O3S.2C2HF3O2/c1-22(2,3)27-20(28)12-19(31(27,29)30)14-9-8-13(10-15(14)23)11-16(24)21-25-17-6-4-5-7-18(17)26-21;2*3-2(4,5)1(6)7/h4-10,16,19H,11-12,24H2,1-3H3,(H,25,26);2*(H,6,7)/t16-,19?;;/m0../s1. The number of imidazole rings is 1. The summed E-state index contributed by atoms with van der Waals surface area (Å²) in [7, 11) is -3.79. The van der Waals surface area contributed by atoms with Gasteiger partial charge in [-0.15, -0.1) is 0 Å². The molecule has 2 heterocycles. The molecule has 0 aliphatic carbocycles. The van der Waals surface area contributed by atoms with Crippen molar-refractivity contribution in [1.82, 2.24) is 14.3 Å². The summed E-state index contributed by atoms with van der Waals surface area (Å²) in [5, 5.41) is 13.4. The third kappa shape index (κ3) is 9.64. The van der Waals surface area contributed by atoms with Crippen molar-refractivity contribution in [2.24, 2.45) is 5.73 Å². The van der Waals surface area contributed by atoms with Gasteiger partial charge in [0, 0.05) is 4.47 Å². The quantitative estimate of drug-likeness (QED) is 0.261. The average molecular weight is 733 g/mol. The monoisotopic (exact) mass is 732 g/mol. The Morgan fingerprint density at radius 1 is 1.04 bits per heavy atom. The Morgan fingerprint density at radius 2 is 1.56 bits per heavy atom. The van der Waals surface area contributed by atoms with Crippen LogP contribution < -0.4 is 5.73 Å². The van der Waals surface area contributed by atoms with E-state index >= 15 is 0 Å². The molecule has 19 heteroatoms. The van der Waals surface area contributed by atoms with Gasteiger partial charge in [-0.3, -0.25) is 4.79 Å². The third-order valence-corrected chi connectivity index (χ3v) is 9.01. The summed E-state index contributed by atoms with van der Waals surface area (Å²) in [6, 6.07) is 12.9. The molecule has 2 atom stereocenters. The van der Waals surface area contributed by atoms with Crippen LogP contribution in [-0.4, -0.2) is 68.6 Å². The molecule has 0 spiro atoms. The first-order chi connectivity index (χ1) is 20.4. The normalized spacial score (nSPS) is 17.2. The second kappa shape index (κ2) is 13.7. The highest BCUT2D eigenvalue weighted by atomic mass is 79.9. The molecular formula is C26H27BrF6N4O7S. The van der Waals surface area contributed by atoms with Gasteiger partial charge in [-0.25, -0.2) is 27.3 Å². The minimum absolute atomic E-state index is 0.0595. The van der Waals surface area contributed by atoms with Crippen molar-refractivity contribution in [3.63, 3.8) is 0 Å². The van der Waals surface area contributed by atoms with Crippen LogP contribution in [0.5, 0.6) is 0 Å². The molecule has 45 heavy (non-hydrogen) atoms. The molecule has 5 N–H and O–H groups in total. The van der Waals surface area contributed by atoms with E-state index in [1.54, 1.807) is 26.8 Å². The number of carboxylic acid groups (broad SMARTS) is 2. The molecular weight excluding hydrogens is 706 g/mol. The predicted octanol–water partition coefficient (Wildman–Crippen LogP) is 5.24. The van der Waals surface area contributed by atoms with E-state index in [0.717, 1.165) is 20.9 Å². The summed E-state index contributed by atoms with van der Waals surface area (Å²) in [6.07, 6.45) is -9.70. The fourth-order valence-corrected chi connectivity index (χ4v) is 7.21. The van der Waals surface area contributed by atoms with Gasteiger partial charge in [0.2, 0.25) is 15.9 Å². The van der Waals surface area contributed by atoms with Crippen LogP contribution in [0.4, 0.5) is 26.3 Å². The van der Waals surface area contributed by atoms with Crippen LogP contribution in [0.3, 0.4) is 0 Å². The smallest absolute Gasteiger partial charge is 0.475 e. The molecule has 248 valence electrons. The highest BCUT2D eigenvalue weighted by Gasteiger charge is 2.50. The zero-order chi connectivity index (χ0) is 34.7. The average Bonchev–Trinajstić information content (AvgIpc) is 3.41. The van der Waals surface area contributed by atoms with Gasteiger partial charge < -0.3 is 20.9 Å². The molecule has 11 nitrogen and oxygen atoms in total. The second-order valence-corrected chi connectivity index (χ2v) is 13.3. The lowest BCUT2D eigenvalue weighted by molar-refractivity contribution is -0.193. The summed E-state index contributed by atoms with van der Waals surface area (Å²) >= 11 is 3.51. The zero-order valence-electron chi connectivity index (χ0n) is 23.6. The number of aromatic nitrogens is 2. The first-order valence-electron chi connectivity index (χ1n) is 12.5. The number of halogens is 7. The highest BCUT2D eigenvalue weighted by Crippen LogP contribution is 2.42. The number of sulfonamides is 1.